The summed E-state index contributed by atoms with van der Waals surface area (Å²) in [4.78, 5) is 11.5. The first kappa shape index (κ1) is 29.5. The fourth-order valence-electron chi connectivity index (χ4n) is 4.40. The fourth-order valence-corrected chi connectivity index (χ4v) is 4.40. The van der Waals surface area contributed by atoms with Crippen LogP contribution in [0, 0.1) is 0 Å². The molecular formula is C20H35NO15. The third-order valence-corrected chi connectivity index (χ3v) is 6.46. The first-order chi connectivity index (χ1) is 16.9. The lowest BCUT2D eigenvalue weighted by Gasteiger charge is -2.48. The highest BCUT2D eigenvalue weighted by molar-refractivity contribution is 5.73. The Labute approximate surface area is 205 Å². The number of carbonyl (C=O) groups excluding carboxylic acids is 1. The van der Waals surface area contributed by atoms with Gasteiger partial charge in [0.2, 0.25) is 5.91 Å². The number of aliphatic hydroxyl groups excluding tert-OH is 9. The highest BCUT2D eigenvalue weighted by Gasteiger charge is 2.53. The van der Waals surface area contributed by atoms with Gasteiger partial charge >= 0.3 is 0 Å². The van der Waals surface area contributed by atoms with Crippen LogP contribution in [0.15, 0.2) is 0 Å². The molecule has 0 aromatic carbocycles. The monoisotopic (exact) mass is 529 g/mol. The number of nitrogens with one attached hydrogen (secondary N) is 1. The van der Waals surface area contributed by atoms with Crippen molar-refractivity contribution < 1.29 is 74.4 Å². The lowest BCUT2D eigenvalue weighted by atomic mass is 9.95. The van der Waals surface area contributed by atoms with Crippen LogP contribution >= 0.6 is 0 Å². The summed E-state index contributed by atoms with van der Waals surface area (Å²) in [5, 5.41) is 93.7. The topological polar surface area (TPSA) is 257 Å². The summed E-state index contributed by atoms with van der Waals surface area (Å²) < 4.78 is 27.2. The molecule has 3 aliphatic rings. The number of carbonyl (C=O) groups is 1. The van der Waals surface area contributed by atoms with Crippen LogP contribution in [-0.2, 0) is 28.5 Å². The average molecular weight is 529 g/mol. The molecule has 16 heteroatoms. The van der Waals surface area contributed by atoms with Crippen molar-refractivity contribution >= 4 is 5.91 Å². The van der Waals surface area contributed by atoms with Crippen LogP contribution < -0.4 is 5.32 Å². The van der Waals surface area contributed by atoms with Gasteiger partial charge in [0.15, 0.2) is 18.9 Å². The Bertz CT molecular complexity index is 729. The molecule has 210 valence electrons. The molecular weight excluding hydrogens is 494 g/mol. The van der Waals surface area contributed by atoms with E-state index in [1.165, 1.54) is 6.92 Å². The molecule has 16 nitrogen and oxygen atoms in total. The molecule has 3 fully saturated rings. The summed E-state index contributed by atoms with van der Waals surface area (Å²) in [6.07, 6.45) is -21.8. The minimum Gasteiger partial charge on any atom is -0.394 e. The summed E-state index contributed by atoms with van der Waals surface area (Å²) in [6, 6.07) is -1.35. The van der Waals surface area contributed by atoms with E-state index in [0.717, 1.165) is 6.92 Å². The fraction of sp³-hybridized carbons (Fsp3) is 0.950. The van der Waals surface area contributed by atoms with Gasteiger partial charge in [0.25, 0.3) is 0 Å². The Kier molecular flexibility index (Phi) is 9.97. The molecule has 0 bridgehead atoms. The number of rotatable bonds is 7. The van der Waals surface area contributed by atoms with Gasteiger partial charge in [-0.25, -0.2) is 0 Å². The third-order valence-electron chi connectivity index (χ3n) is 6.46. The standard InChI is InChI=1S/C20H35NO15/c1-5-10(25)17(36-19-14(29)13(28)11(26)7(3-22)34-19)15(30)20(32-5)35-16-8(4-23)33-18(31)9(12(16)27)21-6(2)24/h5,7-20,22-23,25-31H,3-4H2,1-2H3,(H,21,24)/t5-,7+,8+,9+,10+,11-,12+,13-,14+,15-,16+,17+,18?,19-,20-/m0/s1. The van der Waals surface area contributed by atoms with E-state index in [2.05, 4.69) is 5.32 Å². The second-order valence-corrected chi connectivity index (χ2v) is 9.05. The van der Waals surface area contributed by atoms with Crippen molar-refractivity contribution in [1.29, 1.82) is 0 Å². The van der Waals surface area contributed by atoms with Crippen molar-refractivity contribution in [2.24, 2.45) is 0 Å². The minimum absolute atomic E-state index is 0.596. The van der Waals surface area contributed by atoms with Crippen LogP contribution in [0.1, 0.15) is 13.8 Å². The molecule has 1 amide bonds. The summed E-state index contributed by atoms with van der Waals surface area (Å²) in [5.74, 6) is -0.596. The predicted molar refractivity (Wildman–Crippen MR) is 111 cm³/mol. The summed E-state index contributed by atoms with van der Waals surface area (Å²) in [5.41, 5.74) is 0. The number of hydrogen-bond donors (Lipinski definition) is 10. The van der Waals surface area contributed by atoms with Crippen molar-refractivity contribution in [2.45, 2.75) is 106 Å². The lowest BCUT2D eigenvalue weighted by molar-refractivity contribution is -0.372. The lowest BCUT2D eigenvalue weighted by Crippen LogP contribution is -2.67. The highest BCUT2D eigenvalue weighted by Crippen LogP contribution is 2.32. The van der Waals surface area contributed by atoms with Gasteiger partial charge in [-0.1, -0.05) is 0 Å². The van der Waals surface area contributed by atoms with Gasteiger partial charge in [0, 0.05) is 6.92 Å². The Hall–Kier alpha value is -1.09. The third kappa shape index (κ3) is 5.97. The van der Waals surface area contributed by atoms with Gasteiger partial charge in [0.05, 0.1) is 19.3 Å². The molecule has 1 unspecified atom stereocenters. The number of amides is 1. The predicted octanol–water partition coefficient (Wildman–Crippen LogP) is -6.40. The van der Waals surface area contributed by atoms with Crippen LogP contribution in [0.2, 0.25) is 0 Å². The molecule has 3 aliphatic heterocycles. The maximum Gasteiger partial charge on any atom is 0.217 e. The second-order valence-electron chi connectivity index (χ2n) is 9.05. The molecule has 0 saturated carbocycles. The number of aliphatic hydroxyl groups is 9. The van der Waals surface area contributed by atoms with Crippen molar-refractivity contribution in [2.75, 3.05) is 13.2 Å². The van der Waals surface area contributed by atoms with Crippen LogP contribution in [0.3, 0.4) is 0 Å². The Morgan fingerprint density at radius 3 is 1.89 bits per heavy atom. The smallest absolute Gasteiger partial charge is 0.217 e. The summed E-state index contributed by atoms with van der Waals surface area (Å²) >= 11 is 0. The van der Waals surface area contributed by atoms with Crippen molar-refractivity contribution in [3.8, 4) is 0 Å². The molecule has 0 spiro atoms. The molecule has 36 heavy (non-hydrogen) atoms. The van der Waals surface area contributed by atoms with Crippen LogP contribution in [-0.4, -0.2) is 157 Å². The van der Waals surface area contributed by atoms with E-state index in [1.807, 2.05) is 0 Å². The molecule has 0 aromatic rings. The van der Waals surface area contributed by atoms with Gasteiger partial charge in [-0.2, -0.15) is 0 Å². The Morgan fingerprint density at radius 2 is 1.31 bits per heavy atom. The first-order valence-corrected chi connectivity index (χ1v) is 11.4. The molecule has 3 saturated heterocycles. The average Bonchev–Trinajstić information content (AvgIpc) is 2.83. The zero-order valence-corrected chi connectivity index (χ0v) is 19.5. The largest absolute Gasteiger partial charge is 0.394 e. The Balaban J connectivity index is 1.77. The van der Waals surface area contributed by atoms with E-state index in [4.69, 9.17) is 23.7 Å². The van der Waals surface area contributed by atoms with E-state index in [9.17, 15) is 50.8 Å². The summed E-state index contributed by atoms with van der Waals surface area (Å²) in [7, 11) is 0. The van der Waals surface area contributed by atoms with Gasteiger partial charge in [-0.3, -0.25) is 4.79 Å². The quantitative estimate of drug-likeness (QED) is 0.147. The van der Waals surface area contributed by atoms with Crippen LogP contribution in [0.5, 0.6) is 0 Å². The maximum absolute atomic E-state index is 11.5. The second kappa shape index (κ2) is 12.2. The number of hydrogen-bond acceptors (Lipinski definition) is 15. The zero-order chi connectivity index (χ0) is 26.9. The molecule has 3 rings (SSSR count). The summed E-state index contributed by atoms with van der Waals surface area (Å²) in [6.45, 7) is 1.09. The van der Waals surface area contributed by atoms with Crippen molar-refractivity contribution in [3.63, 3.8) is 0 Å². The van der Waals surface area contributed by atoms with E-state index in [0.29, 0.717) is 0 Å². The number of ether oxygens (including phenoxy) is 5. The van der Waals surface area contributed by atoms with Gasteiger partial charge < -0.3 is 75.0 Å². The zero-order valence-electron chi connectivity index (χ0n) is 19.5. The van der Waals surface area contributed by atoms with Crippen LogP contribution in [0.25, 0.3) is 0 Å². The normalized spacial score (nSPS) is 50.0. The molecule has 0 aromatic heterocycles. The van der Waals surface area contributed by atoms with E-state index >= 15 is 0 Å². The Morgan fingerprint density at radius 1 is 0.722 bits per heavy atom. The molecule has 3 heterocycles. The van der Waals surface area contributed by atoms with Crippen LogP contribution in [0.4, 0.5) is 0 Å². The van der Waals surface area contributed by atoms with Gasteiger partial charge in [0.1, 0.15) is 67.1 Å². The first-order valence-electron chi connectivity index (χ1n) is 11.4. The minimum atomic E-state index is -1.81. The highest BCUT2D eigenvalue weighted by atomic mass is 16.7. The van der Waals surface area contributed by atoms with Crippen molar-refractivity contribution in [3.05, 3.63) is 0 Å². The molecule has 15 atom stereocenters. The maximum atomic E-state index is 11.5. The van der Waals surface area contributed by atoms with E-state index < -0.39 is 111 Å². The molecule has 10 N–H and O–H groups in total. The van der Waals surface area contributed by atoms with Gasteiger partial charge in [-0.05, 0) is 6.92 Å². The van der Waals surface area contributed by atoms with Crippen molar-refractivity contribution in [1.82, 2.24) is 5.32 Å². The molecule has 0 aliphatic carbocycles. The van der Waals surface area contributed by atoms with E-state index in [1.54, 1.807) is 0 Å². The SMILES string of the molecule is CC(=O)N[C@H]1C(O)O[C@H](CO)[C@@H](O[C@@H]2O[C@@H](C)[C@@H](O)[C@@H](O[C@@H]3O[C@H](CO)[C@H](O)[C@H](O)[C@H]3O)[C@@H]2O)[C@@H]1O. The van der Waals surface area contributed by atoms with Gasteiger partial charge in [-0.15, -0.1) is 0 Å². The molecule has 0 radical (unpaired) electrons. The van der Waals surface area contributed by atoms with E-state index in [-0.39, 0.29) is 0 Å².